The molecule has 2 aliphatic rings. The third-order valence-corrected chi connectivity index (χ3v) is 9.55. The standard InChI is InChI=1S/C30H40ClN3O4S/c1-21-9-11-22(12-10-21)5-3-8-26(35)17-23-13-15-34(16-14-23)29-28(19-27(20-32-29)39(2,37)38)33-30(36)24-6-4-7-25(31)18-24/h4,6-7,18-23H,3,5,8-17H2,1-2H3,(H,33,36). The molecular formula is C30H40ClN3O4S. The molecule has 1 N–H and O–H groups in total. The van der Waals surface area contributed by atoms with E-state index in [0.29, 0.717) is 59.7 Å². The monoisotopic (exact) mass is 573 g/mol. The molecule has 39 heavy (non-hydrogen) atoms. The van der Waals surface area contributed by atoms with Crippen molar-refractivity contribution in [3.05, 3.63) is 47.1 Å². The second-order valence-corrected chi connectivity index (χ2v) is 13.9. The van der Waals surface area contributed by atoms with Gasteiger partial charge in [0.2, 0.25) is 0 Å². The van der Waals surface area contributed by atoms with Crippen molar-refractivity contribution in [3.8, 4) is 0 Å². The normalized spacial score (nSPS) is 20.5. The Hall–Kier alpha value is -2.45. The molecule has 2 aromatic rings. The Morgan fingerprint density at radius 3 is 2.44 bits per heavy atom. The minimum Gasteiger partial charge on any atom is -0.355 e. The third-order valence-electron chi connectivity index (χ3n) is 8.24. The molecule has 2 fully saturated rings. The van der Waals surface area contributed by atoms with Gasteiger partial charge in [0.05, 0.1) is 10.6 Å². The van der Waals surface area contributed by atoms with Crippen LogP contribution in [0.15, 0.2) is 41.4 Å². The lowest BCUT2D eigenvalue weighted by Gasteiger charge is -2.33. The number of amides is 1. The predicted molar refractivity (Wildman–Crippen MR) is 156 cm³/mol. The summed E-state index contributed by atoms with van der Waals surface area (Å²) < 4.78 is 24.4. The molecule has 1 aromatic heterocycles. The minimum absolute atomic E-state index is 0.0378. The molecule has 1 aliphatic heterocycles. The van der Waals surface area contributed by atoms with Crippen molar-refractivity contribution in [3.63, 3.8) is 0 Å². The quantitative estimate of drug-likeness (QED) is 0.345. The predicted octanol–water partition coefficient (Wildman–Crippen LogP) is 6.56. The summed E-state index contributed by atoms with van der Waals surface area (Å²) in [5, 5.41) is 3.28. The molecule has 1 aromatic carbocycles. The number of ketones is 1. The van der Waals surface area contributed by atoms with Crippen LogP contribution in [0.25, 0.3) is 0 Å². The SMILES string of the molecule is CC1CCC(CCCC(=O)CC2CCN(c3ncc(S(C)(=O)=O)cc3NC(=O)c3cccc(Cl)c3)CC2)CC1. The van der Waals surface area contributed by atoms with Crippen LogP contribution in [0.2, 0.25) is 5.02 Å². The van der Waals surface area contributed by atoms with E-state index in [9.17, 15) is 18.0 Å². The molecule has 4 rings (SSSR count). The highest BCUT2D eigenvalue weighted by atomic mass is 35.5. The molecule has 0 atom stereocenters. The van der Waals surface area contributed by atoms with Crippen molar-refractivity contribution in [2.75, 3.05) is 29.6 Å². The molecule has 1 amide bonds. The van der Waals surface area contributed by atoms with Crippen molar-refractivity contribution in [1.29, 1.82) is 0 Å². The molecule has 9 heteroatoms. The van der Waals surface area contributed by atoms with Crippen LogP contribution in [-0.4, -0.2) is 44.4 Å². The van der Waals surface area contributed by atoms with E-state index in [1.165, 1.54) is 44.4 Å². The van der Waals surface area contributed by atoms with E-state index in [1.807, 2.05) is 0 Å². The highest BCUT2D eigenvalue weighted by Gasteiger charge is 2.26. The van der Waals surface area contributed by atoms with E-state index in [1.54, 1.807) is 24.3 Å². The summed E-state index contributed by atoms with van der Waals surface area (Å²) in [6.07, 6.45) is 12.9. The molecule has 0 bridgehead atoms. The molecule has 1 saturated carbocycles. The second kappa shape index (κ2) is 13.3. The largest absolute Gasteiger partial charge is 0.355 e. The number of rotatable bonds is 10. The first-order valence-corrected chi connectivity index (χ1v) is 16.4. The zero-order valence-corrected chi connectivity index (χ0v) is 24.6. The number of nitrogens with one attached hydrogen (secondary N) is 1. The lowest BCUT2D eigenvalue weighted by atomic mass is 9.80. The van der Waals surface area contributed by atoms with Crippen LogP contribution in [0, 0.1) is 17.8 Å². The van der Waals surface area contributed by atoms with Crippen LogP contribution >= 0.6 is 11.6 Å². The molecular weight excluding hydrogens is 534 g/mol. The van der Waals surface area contributed by atoms with Gasteiger partial charge >= 0.3 is 0 Å². The van der Waals surface area contributed by atoms with Gasteiger partial charge in [0, 0.05) is 49.0 Å². The van der Waals surface area contributed by atoms with Gasteiger partial charge in [-0.25, -0.2) is 13.4 Å². The summed E-state index contributed by atoms with van der Waals surface area (Å²) in [5.41, 5.74) is 0.711. The molecule has 0 unspecified atom stereocenters. The highest BCUT2D eigenvalue weighted by molar-refractivity contribution is 7.90. The molecule has 212 valence electrons. The fourth-order valence-corrected chi connectivity index (χ4v) is 6.55. The molecule has 1 saturated heterocycles. The van der Waals surface area contributed by atoms with Gasteiger partial charge in [-0.3, -0.25) is 9.59 Å². The number of sulfone groups is 1. The number of Topliss-reactive ketones (excluding diaryl/α,β-unsaturated/α-hetero) is 1. The zero-order valence-electron chi connectivity index (χ0n) is 23.0. The van der Waals surface area contributed by atoms with E-state index in [4.69, 9.17) is 11.6 Å². The first-order chi connectivity index (χ1) is 18.6. The number of hydrogen-bond donors (Lipinski definition) is 1. The van der Waals surface area contributed by atoms with Gasteiger partial charge in [0.1, 0.15) is 5.78 Å². The highest BCUT2D eigenvalue weighted by Crippen LogP contribution is 2.33. The van der Waals surface area contributed by atoms with Crippen LogP contribution in [0.1, 0.15) is 81.5 Å². The van der Waals surface area contributed by atoms with Crippen LogP contribution < -0.4 is 10.2 Å². The first kappa shape index (κ1) is 29.5. The van der Waals surface area contributed by atoms with Crippen LogP contribution in [0.3, 0.4) is 0 Å². The summed E-state index contributed by atoms with van der Waals surface area (Å²) in [5.74, 6) is 2.50. The number of carbonyl (C=O) groups is 2. The van der Waals surface area contributed by atoms with Gasteiger partial charge in [-0.05, 0) is 61.3 Å². The number of carbonyl (C=O) groups excluding carboxylic acids is 2. The summed E-state index contributed by atoms with van der Waals surface area (Å²) in [6, 6.07) is 8.03. The number of pyridine rings is 1. The Kier molecular flexibility index (Phi) is 10.0. The smallest absolute Gasteiger partial charge is 0.255 e. The number of anilines is 2. The maximum Gasteiger partial charge on any atom is 0.255 e. The average molecular weight is 574 g/mol. The summed E-state index contributed by atoms with van der Waals surface area (Å²) >= 11 is 6.04. The van der Waals surface area contributed by atoms with Crippen LogP contribution in [-0.2, 0) is 14.6 Å². The lowest BCUT2D eigenvalue weighted by Crippen LogP contribution is -2.35. The van der Waals surface area contributed by atoms with E-state index in [-0.39, 0.29) is 4.90 Å². The average Bonchev–Trinajstić information content (AvgIpc) is 2.90. The van der Waals surface area contributed by atoms with Crippen molar-refractivity contribution >= 4 is 44.6 Å². The maximum absolute atomic E-state index is 12.9. The van der Waals surface area contributed by atoms with Gasteiger partial charge in [-0.15, -0.1) is 0 Å². The topological polar surface area (TPSA) is 96.4 Å². The zero-order chi connectivity index (χ0) is 28.0. The minimum atomic E-state index is -3.51. The van der Waals surface area contributed by atoms with E-state index in [0.717, 1.165) is 37.4 Å². The molecule has 2 heterocycles. The summed E-state index contributed by atoms with van der Waals surface area (Å²) in [6.45, 7) is 3.70. The van der Waals surface area contributed by atoms with E-state index < -0.39 is 15.7 Å². The maximum atomic E-state index is 12.9. The Labute approximate surface area is 237 Å². The Morgan fingerprint density at radius 1 is 1.05 bits per heavy atom. The number of aromatic nitrogens is 1. The van der Waals surface area contributed by atoms with Crippen molar-refractivity contribution in [2.45, 2.75) is 76.0 Å². The number of halogens is 1. The van der Waals surface area contributed by atoms with Gasteiger partial charge in [-0.1, -0.05) is 56.7 Å². The second-order valence-electron chi connectivity index (χ2n) is 11.5. The number of hydrogen-bond acceptors (Lipinski definition) is 6. The lowest BCUT2D eigenvalue weighted by molar-refractivity contribution is -0.120. The Morgan fingerprint density at radius 2 is 1.77 bits per heavy atom. The Bertz CT molecular complexity index is 1270. The van der Waals surface area contributed by atoms with Crippen molar-refractivity contribution in [2.24, 2.45) is 17.8 Å². The fraction of sp³-hybridized carbons (Fsp3) is 0.567. The van der Waals surface area contributed by atoms with Gasteiger partial charge < -0.3 is 10.2 Å². The van der Waals surface area contributed by atoms with Crippen molar-refractivity contribution < 1.29 is 18.0 Å². The third kappa shape index (κ3) is 8.52. The Balaban J connectivity index is 1.34. The molecule has 1 aliphatic carbocycles. The first-order valence-electron chi connectivity index (χ1n) is 14.1. The summed E-state index contributed by atoms with van der Waals surface area (Å²) in [4.78, 5) is 32.2. The number of benzene rings is 1. The van der Waals surface area contributed by atoms with Crippen LogP contribution in [0.4, 0.5) is 11.5 Å². The fourth-order valence-electron chi connectivity index (χ4n) is 5.79. The van der Waals surface area contributed by atoms with Gasteiger partial charge in [-0.2, -0.15) is 0 Å². The van der Waals surface area contributed by atoms with E-state index in [2.05, 4.69) is 22.1 Å². The van der Waals surface area contributed by atoms with Crippen LogP contribution in [0.5, 0.6) is 0 Å². The molecule has 0 radical (unpaired) electrons. The molecule has 0 spiro atoms. The number of piperidine rings is 1. The number of nitrogens with zero attached hydrogens (tertiary/aromatic N) is 2. The molecule has 7 nitrogen and oxygen atoms in total. The van der Waals surface area contributed by atoms with Gasteiger partial charge in [0.15, 0.2) is 15.7 Å². The van der Waals surface area contributed by atoms with E-state index >= 15 is 0 Å². The summed E-state index contributed by atoms with van der Waals surface area (Å²) in [7, 11) is -3.51. The van der Waals surface area contributed by atoms with Crippen molar-refractivity contribution in [1.82, 2.24) is 4.98 Å². The van der Waals surface area contributed by atoms with Gasteiger partial charge in [0.25, 0.3) is 5.91 Å².